The Labute approximate surface area is 104 Å². The largest absolute Gasteiger partial charge is 0.0651 e. The highest BCUT2D eigenvalue weighted by Crippen LogP contribution is 2.60. The minimum atomic E-state index is -0.536. The summed E-state index contributed by atoms with van der Waals surface area (Å²) in [4.78, 5) is 0. The molecule has 0 unspecified atom stereocenters. The molecule has 0 N–H and O–H groups in total. The summed E-state index contributed by atoms with van der Waals surface area (Å²) in [5.41, 5.74) is 0. The maximum Gasteiger partial charge on any atom is 0.0622 e. The Bertz CT molecular complexity index is 168. The molecule has 0 spiro atoms. The predicted molar refractivity (Wildman–Crippen MR) is 79.1 cm³/mol. The summed E-state index contributed by atoms with van der Waals surface area (Å²) in [6, 6.07) is 0. The zero-order chi connectivity index (χ0) is 12.0. The van der Waals surface area contributed by atoms with Gasteiger partial charge in [-0.1, -0.05) is 26.2 Å². The lowest BCUT2D eigenvalue weighted by Gasteiger charge is -2.32. The van der Waals surface area contributed by atoms with Crippen LogP contribution in [0.5, 0.6) is 0 Å². The van der Waals surface area contributed by atoms with Crippen molar-refractivity contribution < 1.29 is 0 Å². The third-order valence-electron chi connectivity index (χ3n) is 5.20. The third kappa shape index (κ3) is 3.73. The van der Waals surface area contributed by atoms with E-state index in [0.29, 0.717) is 0 Å². The minimum Gasteiger partial charge on any atom is -0.0651 e. The average molecular weight is 243 g/mol. The summed E-state index contributed by atoms with van der Waals surface area (Å²) >= 11 is 0. The van der Waals surface area contributed by atoms with Crippen LogP contribution in [0.1, 0.15) is 59.8 Å². The smallest absolute Gasteiger partial charge is 0.0622 e. The van der Waals surface area contributed by atoms with E-state index in [-0.39, 0.29) is 0 Å². The molecule has 16 heavy (non-hydrogen) atoms. The van der Waals surface area contributed by atoms with Crippen molar-refractivity contribution in [2.24, 2.45) is 11.8 Å². The summed E-state index contributed by atoms with van der Waals surface area (Å²) in [6.45, 7) is 9.70. The van der Waals surface area contributed by atoms with Gasteiger partial charge in [-0.05, 0) is 45.4 Å². The summed E-state index contributed by atoms with van der Waals surface area (Å²) in [5, 5.41) is 0. The van der Waals surface area contributed by atoms with Crippen molar-refractivity contribution in [1.82, 2.24) is 0 Å². The van der Waals surface area contributed by atoms with E-state index in [0.717, 1.165) is 11.8 Å². The molecule has 1 heteroatoms. The van der Waals surface area contributed by atoms with Crippen molar-refractivity contribution in [3.05, 3.63) is 0 Å². The molecule has 1 rings (SSSR count). The molecule has 0 radical (unpaired) electrons. The Morgan fingerprint density at radius 3 is 1.56 bits per heavy atom. The van der Waals surface area contributed by atoms with Crippen LogP contribution in [0.2, 0.25) is 0 Å². The Hall–Kier alpha value is 0.430. The van der Waals surface area contributed by atoms with E-state index in [4.69, 9.17) is 0 Å². The highest BCUT2D eigenvalue weighted by atomic mass is 31.2. The van der Waals surface area contributed by atoms with Crippen molar-refractivity contribution in [2.45, 2.75) is 59.8 Å². The molecule has 0 amide bonds. The van der Waals surface area contributed by atoms with Crippen molar-refractivity contribution in [2.75, 3.05) is 24.6 Å². The molecule has 0 aromatic rings. The van der Waals surface area contributed by atoms with E-state index in [1.165, 1.54) is 37.7 Å². The topological polar surface area (TPSA) is 0 Å². The maximum atomic E-state index is 2.44. The van der Waals surface area contributed by atoms with Crippen LogP contribution in [0, 0.1) is 11.8 Å². The standard InChI is InChI=1S/C15H32P/c1-5-14-9-11-15(12-10-14)13-16(6-2,7-3)8-4/h14-15H,5-13H2,1-4H3/q+1. The molecule has 0 atom stereocenters. The van der Waals surface area contributed by atoms with Gasteiger partial charge in [0.15, 0.2) is 0 Å². The molecule has 1 saturated carbocycles. The lowest BCUT2D eigenvalue weighted by atomic mass is 9.82. The molecule has 1 aliphatic rings. The van der Waals surface area contributed by atoms with Crippen molar-refractivity contribution in [1.29, 1.82) is 0 Å². The van der Waals surface area contributed by atoms with Crippen molar-refractivity contribution in [3.63, 3.8) is 0 Å². The van der Waals surface area contributed by atoms with E-state index >= 15 is 0 Å². The molecular formula is C15H32P+. The van der Waals surface area contributed by atoms with Gasteiger partial charge in [0.2, 0.25) is 0 Å². The molecule has 0 aliphatic heterocycles. The fraction of sp³-hybridized carbons (Fsp3) is 1.00. The van der Waals surface area contributed by atoms with Gasteiger partial charge in [-0.3, -0.25) is 0 Å². The quantitative estimate of drug-likeness (QED) is 0.557. The van der Waals surface area contributed by atoms with Gasteiger partial charge in [-0.25, -0.2) is 0 Å². The second-order valence-corrected chi connectivity index (χ2v) is 10.7. The van der Waals surface area contributed by atoms with Gasteiger partial charge in [-0.2, -0.15) is 0 Å². The van der Waals surface area contributed by atoms with Crippen LogP contribution in [0.3, 0.4) is 0 Å². The van der Waals surface area contributed by atoms with Crippen LogP contribution < -0.4 is 0 Å². The Balaban J connectivity index is 2.42. The molecule has 0 nitrogen and oxygen atoms in total. The molecule has 0 heterocycles. The summed E-state index contributed by atoms with van der Waals surface area (Å²) in [6.07, 6.45) is 13.7. The number of hydrogen-bond acceptors (Lipinski definition) is 0. The third-order valence-corrected chi connectivity index (χ3v) is 10.5. The zero-order valence-corrected chi connectivity index (χ0v) is 12.9. The first-order chi connectivity index (χ1) is 7.69. The number of rotatable bonds is 6. The van der Waals surface area contributed by atoms with Gasteiger partial charge in [-0.15, -0.1) is 0 Å². The van der Waals surface area contributed by atoms with Crippen molar-refractivity contribution >= 4 is 7.26 Å². The lowest BCUT2D eigenvalue weighted by Crippen LogP contribution is -2.21. The van der Waals surface area contributed by atoms with Crippen LogP contribution in [0.15, 0.2) is 0 Å². The first kappa shape index (κ1) is 14.5. The molecule has 0 saturated heterocycles. The van der Waals surface area contributed by atoms with Crippen LogP contribution in [0.25, 0.3) is 0 Å². The minimum absolute atomic E-state index is 0.536. The predicted octanol–water partition coefficient (Wildman–Crippen LogP) is 5.28. The summed E-state index contributed by atoms with van der Waals surface area (Å²) < 4.78 is 0. The van der Waals surface area contributed by atoms with Gasteiger partial charge < -0.3 is 0 Å². The van der Waals surface area contributed by atoms with Crippen molar-refractivity contribution in [3.8, 4) is 0 Å². The normalized spacial score (nSPS) is 27.0. The van der Waals surface area contributed by atoms with Gasteiger partial charge in [0.05, 0.1) is 24.6 Å². The fourth-order valence-electron chi connectivity index (χ4n) is 3.43. The first-order valence-corrected chi connectivity index (χ1v) is 10.1. The maximum absolute atomic E-state index is 2.44. The highest BCUT2D eigenvalue weighted by Gasteiger charge is 2.35. The van der Waals surface area contributed by atoms with Crippen LogP contribution in [-0.2, 0) is 0 Å². The van der Waals surface area contributed by atoms with Gasteiger partial charge in [0, 0.05) is 7.26 Å². The van der Waals surface area contributed by atoms with E-state index < -0.39 is 7.26 Å². The Kier molecular flexibility index (Phi) is 6.34. The summed E-state index contributed by atoms with van der Waals surface area (Å²) in [5.74, 6) is 2.16. The van der Waals surface area contributed by atoms with Gasteiger partial charge in [0.25, 0.3) is 0 Å². The summed E-state index contributed by atoms with van der Waals surface area (Å²) in [7, 11) is -0.536. The molecule has 1 fully saturated rings. The molecular weight excluding hydrogens is 211 g/mol. The fourth-order valence-corrected chi connectivity index (χ4v) is 7.00. The van der Waals surface area contributed by atoms with Crippen LogP contribution >= 0.6 is 7.26 Å². The van der Waals surface area contributed by atoms with E-state index in [1.807, 2.05) is 0 Å². The second-order valence-electron chi connectivity index (χ2n) is 5.77. The SMILES string of the molecule is CCC1CCC(C[P+](CC)(CC)CC)CC1. The van der Waals surface area contributed by atoms with E-state index in [2.05, 4.69) is 27.7 Å². The molecule has 0 aromatic carbocycles. The zero-order valence-electron chi connectivity index (χ0n) is 12.0. The second kappa shape index (κ2) is 7.00. The average Bonchev–Trinajstić information content (AvgIpc) is 2.37. The molecule has 0 aromatic heterocycles. The van der Waals surface area contributed by atoms with E-state index in [9.17, 15) is 0 Å². The van der Waals surface area contributed by atoms with Gasteiger partial charge in [0.1, 0.15) is 0 Å². The van der Waals surface area contributed by atoms with Crippen LogP contribution in [-0.4, -0.2) is 24.6 Å². The highest BCUT2D eigenvalue weighted by molar-refractivity contribution is 7.75. The lowest BCUT2D eigenvalue weighted by molar-refractivity contribution is 0.286. The molecule has 0 bridgehead atoms. The first-order valence-electron chi connectivity index (χ1n) is 7.54. The van der Waals surface area contributed by atoms with Crippen LogP contribution in [0.4, 0.5) is 0 Å². The van der Waals surface area contributed by atoms with Gasteiger partial charge >= 0.3 is 0 Å². The monoisotopic (exact) mass is 243 g/mol. The Morgan fingerprint density at radius 1 is 0.750 bits per heavy atom. The van der Waals surface area contributed by atoms with E-state index in [1.54, 1.807) is 19.0 Å². The molecule has 96 valence electrons. The number of hydrogen-bond donors (Lipinski definition) is 0. The Morgan fingerprint density at radius 2 is 1.19 bits per heavy atom. The molecule has 1 aliphatic carbocycles.